The minimum Gasteiger partial charge on any atom is -0.326 e. The predicted molar refractivity (Wildman–Crippen MR) is 85.6 cm³/mol. The maximum atomic E-state index is 12.1. The van der Waals surface area contributed by atoms with Gasteiger partial charge in [-0.25, -0.2) is 4.79 Å². The van der Waals surface area contributed by atoms with Gasteiger partial charge >= 0.3 is 6.03 Å². The van der Waals surface area contributed by atoms with E-state index in [2.05, 4.69) is 10.6 Å². The molecule has 0 bridgehead atoms. The number of amides is 4. The number of carbonyl (C=O) groups excluding carboxylic acids is 3. The first-order chi connectivity index (χ1) is 11.2. The van der Waals surface area contributed by atoms with Crippen molar-refractivity contribution in [2.75, 3.05) is 11.9 Å². The molecule has 0 saturated carbocycles. The van der Waals surface area contributed by atoms with Crippen molar-refractivity contribution < 1.29 is 19.3 Å². The van der Waals surface area contributed by atoms with Crippen molar-refractivity contribution >= 4 is 40.8 Å². The Morgan fingerprint density at radius 1 is 1.46 bits per heavy atom. The van der Waals surface area contributed by atoms with Gasteiger partial charge in [-0.15, -0.1) is 0 Å². The fourth-order valence-electron chi connectivity index (χ4n) is 2.22. The normalized spacial score (nSPS) is 17.2. The number of nitrogens with one attached hydrogen (secondary N) is 2. The van der Waals surface area contributed by atoms with Crippen molar-refractivity contribution in [3.63, 3.8) is 0 Å². The molecule has 1 unspecified atom stereocenters. The Bertz CT molecular complexity index is 721. The van der Waals surface area contributed by atoms with E-state index in [4.69, 9.17) is 11.6 Å². The molecule has 128 valence electrons. The first-order valence-corrected chi connectivity index (χ1v) is 7.44. The molecule has 1 atom stereocenters. The Morgan fingerprint density at radius 3 is 2.67 bits per heavy atom. The quantitative estimate of drug-likeness (QED) is 0.474. The lowest BCUT2D eigenvalue weighted by atomic mass is 10.1. The molecule has 24 heavy (non-hydrogen) atoms. The number of urea groups is 1. The molecule has 9 nitrogen and oxygen atoms in total. The average Bonchev–Trinajstić information content (AvgIpc) is 2.77. The number of benzene rings is 1. The van der Waals surface area contributed by atoms with Crippen LogP contribution < -0.4 is 10.6 Å². The third-order valence-electron chi connectivity index (χ3n) is 3.45. The molecule has 0 spiro atoms. The molecule has 0 aliphatic carbocycles. The third kappa shape index (κ3) is 3.62. The number of nitrogens with zero attached hydrogens (tertiary/aromatic N) is 2. The van der Waals surface area contributed by atoms with Crippen molar-refractivity contribution in [2.45, 2.75) is 19.9 Å². The van der Waals surface area contributed by atoms with Gasteiger partial charge in [0.2, 0.25) is 5.91 Å². The lowest BCUT2D eigenvalue weighted by Gasteiger charge is -2.14. The smallest absolute Gasteiger partial charge is 0.325 e. The molecule has 1 aromatic rings. The summed E-state index contributed by atoms with van der Waals surface area (Å²) in [5, 5.41) is 15.7. The molecule has 1 heterocycles. The van der Waals surface area contributed by atoms with E-state index >= 15 is 0 Å². The van der Waals surface area contributed by atoms with Gasteiger partial charge in [-0.3, -0.25) is 24.6 Å². The van der Waals surface area contributed by atoms with Gasteiger partial charge in [0, 0.05) is 11.8 Å². The average molecular weight is 355 g/mol. The highest BCUT2D eigenvalue weighted by Crippen LogP contribution is 2.27. The number of imide groups is 1. The topological polar surface area (TPSA) is 122 Å². The van der Waals surface area contributed by atoms with Crippen molar-refractivity contribution in [2.24, 2.45) is 5.92 Å². The Morgan fingerprint density at radius 2 is 2.12 bits per heavy atom. The van der Waals surface area contributed by atoms with Crippen LogP contribution in [0, 0.1) is 16.0 Å². The summed E-state index contributed by atoms with van der Waals surface area (Å²) >= 11 is 5.69. The zero-order valence-electron chi connectivity index (χ0n) is 12.9. The van der Waals surface area contributed by atoms with Crippen molar-refractivity contribution in [1.82, 2.24) is 10.2 Å². The van der Waals surface area contributed by atoms with Crippen molar-refractivity contribution in [1.29, 1.82) is 0 Å². The molecule has 4 amide bonds. The van der Waals surface area contributed by atoms with E-state index in [9.17, 15) is 24.5 Å². The Hall–Kier alpha value is -2.68. The summed E-state index contributed by atoms with van der Waals surface area (Å²) < 4.78 is 0. The molecular formula is C14H15ClN4O5. The van der Waals surface area contributed by atoms with Crippen LogP contribution in [0.5, 0.6) is 0 Å². The third-order valence-corrected chi connectivity index (χ3v) is 3.77. The van der Waals surface area contributed by atoms with Gasteiger partial charge in [0.1, 0.15) is 17.6 Å². The second-order valence-corrected chi connectivity index (χ2v) is 5.97. The fourth-order valence-corrected chi connectivity index (χ4v) is 2.40. The van der Waals surface area contributed by atoms with Gasteiger partial charge in [-0.05, 0) is 18.1 Å². The monoisotopic (exact) mass is 354 g/mol. The first-order valence-electron chi connectivity index (χ1n) is 7.06. The number of hydrogen-bond donors (Lipinski definition) is 2. The molecule has 2 N–H and O–H groups in total. The molecular weight excluding hydrogens is 340 g/mol. The molecule has 1 aromatic carbocycles. The van der Waals surface area contributed by atoms with Gasteiger partial charge < -0.3 is 10.6 Å². The van der Waals surface area contributed by atoms with E-state index in [0.717, 1.165) is 11.0 Å². The molecule has 0 aromatic heterocycles. The number of nitro benzene ring substituents is 1. The van der Waals surface area contributed by atoms with E-state index < -0.39 is 35.4 Å². The van der Waals surface area contributed by atoms with Crippen LogP contribution in [0.25, 0.3) is 0 Å². The number of anilines is 1. The number of halogens is 1. The van der Waals surface area contributed by atoms with E-state index in [1.54, 1.807) is 13.8 Å². The standard InChI is InChI=1S/C14H15ClN4O5/c1-7(2)12-13(21)18(14(22)17-12)6-11(20)16-8-3-4-9(15)10(5-8)19(23)24/h3-5,7,12H,6H2,1-2H3,(H,16,20)(H,17,22). The van der Waals surface area contributed by atoms with Crippen LogP contribution in [0.2, 0.25) is 5.02 Å². The molecule has 10 heteroatoms. The summed E-state index contributed by atoms with van der Waals surface area (Å²) in [6.07, 6.45) is 0. The molecule has 0 radical (unpaired) electrons. The minimum absolute atomic E-state index is 0.0631. The van der Waals surface area contributed by atoms with Crippen molar-refractivity contribution in [3.05, 3.63) is 33.3 Å². The first kappa shape index (κ1) is 17.7. The summed E-state index contributed by atoms with van der Waals surface area (Å²) in [7, 11) is 0. The van der Waals surface area contributed by atoms with Crippen LogP contribution in [0.4, 0.5) is 16.2 Å². The summed E-state index contributed by atoms with van der Waals surface area (Å²) in [5.74, 6) is -1.24. The summed E-state index contributed by atoms with van der Waals surface area (Å²) in [6, 6.07) is 2.45. The van der Waals surface area contributed by atoms with E-state index in [-0.39, 0.29) is 22.3 Å². The number of carbonyl (C=O) groups is 3. The van der Waals surface area contributed by atoms with Crippen LogP contribution in [-0.4, -0.2) is 40.3 Å². The summed E-state index contributed by atoms with van der Waals surface area (Å²) in [4.78, 5) is 46.8. The van der Waals surface area contributed by atoms with Gasteiger partial charge in [0.15, 0.2) is 0 Å². The maximum absolute atomic E-state index is 12.1. The lowest BCUT2D eigenvalue weighted by molar-refractivity contribution is -0.384. The summed E-state index contributed by atoms with van der Waals surface area (Å²) in [6.45, 7) is 3.07. The molecule has 2 rings (SSSR count). The molecule has 1 fully saturated rings. The van der Waals surface area contributed by atoms with E-state index in [1.165, 1.54) is 12.1 Å². The number of rotatable bonds is 5. The zero-order valence-corrected chi connectivity index (χ0v) is 13.7. The minimum atomic E-state index is -0.678. The van der Waals surface area contributed by atoms with Gasteiger partial charge in [-0.2, -0.15) is 0 Å². The zero-order chi connectivity index (χ0) is 18.0. The highest BCUT2D eigenvalue weighted by molar-refractivity contribution is 6.32. The Balaban J connectivity index is 2.06. The van der Waals surface area contributed by atoms with Gasteiger partial charge in [-0.1, -0.05) is 25.4 Å². The van der Waals surface area contributed by atoms with Crippen LogP contribution >= 0.6 is 11.6 Å². The molecule has 1 aliphatic rings. The SMILES string of the molecule is CC(C)C1NC(=O)N(CC(=O)Nc2ccc(Cl)c([N+](=O)[O-])c2)C1=O. The van der Waals surface area contributed by atoms with Crippen LogP contribution in [-0.2, 0) is 9.59 Å². The second-order valence-electron chi connectivity index (χ2n) is 5.57. The van der Waals surface area contributed by atoms with Crippen LogP contribution in [0.1, 0.15) is 13.8 Å². The maximum Gasteiger partial charge on any atom is 0.325 e. The van der Waals surface area contributed by atoms with Crippen LogP contribution in [0.3, 0.4) is 0 Å². The number of hydrogen-bond acceptors (Lipinski definition) is 5. The highest BCUT2D eigenvalue weighted by Gasteiger charge is 2.40. The van der Waals surface area contributed by atoms with Crippen molar-refractivity contribution in [3.8, 4) is 0 Å². The Labute approximate surface area is 142 Å². The predicted octanol–water partition coefficient (Wildman–Crippen LogP) is 1.76. The fraction of sp³-hybridized carbons (Fsp3) is 0.357. The van der Waals surface area contributed by atoms with E-state index in [0.29, 0.717) is 0 Å². The summed E-state index contributed by atoms with van der Waals surface area (Å²) in [5.41, 5.74) is -0.215. The van der Waals surface area contributed by atoms with Gasteiger partial charge in [0.25, 0.3) is 11.6 Å². The largest absolute Gasteiger partial charge is 0.326 e. The highest BCUT2D eigenvalue weighted by atomic mass is 35.5. The van der Waals surface area contributed by atoms with E-state index in [1.807, 2.05) is 0 Å². The van der Waals surface area contributed by atoms with Crippen LogP contribution in [0.15, 0.2) is 18.2 Å². The number of nitro groups is 1. The molecule has 1 saturated heterocycles. The molecule has 1 aliphatic heterocycles. The lowest BCUT2D eigenvalue weighted by Crippen LogP contribution is -2.39. The second kappa shape index (κ2) is 6.83. The Kier molecular flexibility index (Phi) is 5.03. The van der Waals surface area contributed by atoms with Gasteiger partial charge in [0.05, 0.1) is 4.92 Å².